The van der Waals surface area contributed by atoms with E-state index in [1.54, 1.807) is 6.20 Å². The van der Waals surface area contributed by atoms with Crippen molar-refractivity contribution >= 4 is 11.6 Å². The van der Waals surface area contributed by atoms with Gasteiger partial charge in [0.2, 0.25) is 0 Å². The highest BCUT2D eigenvalue weighted by Crippen LogP contribution is 2.22. The van der Waals surface area contributed by atoms with Crippen LogP contribution in [0.15, 0.2) is 33.7 Å². The Hall–Kier alpha value is -3.14. The van der Waals surface area contributed by atoms with E-state index in [9.17, 15) is 0 Å². The molecule has 3 aromatic rings. The van der Waals surface area contributed by atoms with E-state index in [0.717, 1.165) is 17.9 Å². The van der Waals surface area contributed by atoms with E-state index in [-0.39, 0.29) is 5.41 Å². The number of anilines is 2. The van der Waals surface area contributed by atoms with Crippen LogP contribution in [-0.2, 0) is 11.8 Å². The maximum absolute atomic E-state index is 5.36. The van der Waals surface area contributed by atoms with Crippen molar-refractivity contribution in [2.45, 2.75) is 46.5 Å². The lowest BCUT2D eigenvalue weighted by Crippen LogP contribution is -2.09. The fraction of sp³-hybridized carbons (Fsp3) is 0.400. The molecule has 1 N–H and O–H groups in total. The summed E-state index contributed by atoms with van der Waals surface area (Å²) in [6, 6.07) is 3.71. The Morgan fingerprint density at radius 3 is 2.63 bits per heavy atom. The molecule has 0 amide bonds. The Morgan fingerprint density at radius 1 is 1.11 bits per heavy atom. The molecule has 140 valence electrons. The summed E-state index contributed by atoms with van der Waals surface area (Å²) < 4.78 is 10.7. The molecule has 0 aromatic carbocycles. The second-order valence-electron chi connectivity index (χ2n) is 7.76. The minimum Gasteiger partial charge on any atom is -0.360 e. The SMILES string of the molecule is CC(C)Cc1cc(Nc2ncncc2C#Cc2cc(C(C)(C)C)on2)no1. The zero-order valence-electron chi connectivity index (χ0n) is 16.2. The van der Waals surface area contributed by atoms with Gasteiger partial charge >= 0.3 is 0 Å². The molecule has 3 heterocycles. The number of aromatic nitrogens is 4. The smallest absolute Gasteiger partial charge is 0.175 e. The summed E-state index contributed by atoms with van der Waals surface area (Å²) in [4.78, 5) is 8.30. The average molecular weight is 365 g/mol. The molecule has 0 fully saturated rings. The van der Waals surface area contributed by atoms with E-state index in [4.69, 9.17) is 9.05 Å². The Morgan fingerprint density at radius 2 is 1.93 bits per heavy atom. The van der Waals surface area contributed by atoms with Gasteiger partial charge in [-0.25, -0.2) is 9.97 Å². The molecule has 0 atom stereocenters. The Bertz CT molecular complexity index is 970. The topological polar surface area (TPSA) is 89.9 Å². The molecule has 0 bridgehead atoms. The van der Waals surface area contributed by atoms with Crippen LogP contribution in [0.4, 0.5) is 11.6 Å². The van der Waals surface area contributed by atoms with Crippen molar-refractivity contribution in [3.8, 4) is 11.8 Å². The minimum atomic E-state index is -0.115. The van der Waals surface area contributed by atoms with Gasteiger partial charge < -0.3 is 14.4 Å². The maximum Gasteiger partial charge on any atom is 0.175 e. The van der Waals surface area contributed by atoms with Crippen LogP contribution in [0.25, 0.3) is 0 Å². The maximum atomic E-state index is 5.36. The minimum absolute atomic E-state index is 0.115. The number of nitrogens with zero attached hydrogens (tertiary/aromatic N) is 4. The van der Waals surface area contributed by atoms with E-state index in [1.165, 1.54) is 6.33 Å². The van der Waals surface area contributed by atoms with Crippen LogP contribution in [0.3, 0.4) is 0 Å². The van der Waals surface area contributed by atoms with E-state index in [1.807, 2.05) is 12.1 Å². The van der Waals surface area contributed by atoms with Gasteiger partial charge in [0, 0.05) is 30.2 Å². The quantitative estimate of drug-likeness (QED) is 0.696. The van der Waals surface area contributed by atoms with E-state index < -0.39 is 0 Å². The van der Waals surface area contributed by atoms with Gasteiger partial charge in [-0.3, -0.25) is 0 Å². The van der Waals surface area contributed by atoms with Crippen LogP contribution in [0, 0.1) is 17.8 Å². The normalized spacial score (nSPS) is 11.3. The van der Waals surface area contributed by atoms with E-state index in [0.29, 0.717) is 28.8 Å². The standard InChI is InChI=1S/C20H23N5O2/c1-13(2)8-16-10-18(25-26-16)23-19-14(11-21-12-22-19)6-7-15-9-17(27-24-15)20(3,4)5/h9-13H,8H2,1-5H3,(H,21,22,23,25). The zero-order chi connectivity index (χ0) is 19.4. The van der Waals surface area contributed by atoms with E-state index in [2.05, 4.69) is 72.1 Å². The predicted octanol–water partition coefficient (Wildman–Crippen LogP) is 4.09. The van der Waals surface area contributed by atoms with Crippen molar-refractivity contribution in [3.05, 3.63) is 47.4 Å². The largest absolute Gasteiger partial charge is 0.360 e. The number of hydrogen-bond donors (Lipinski definition) is 1. The molecule has 0 unspecified atom stereocenters. The Kier molecular flexibility index (Phi) is 5.26. The molecule has 0 radical (unpaired) electrons. The van der Waals surface area contributed by atoms with Crippen molar-refractivity contribution in [3.63, 3.8) is 0 Å². The first kappa shape index (κ1) is 18.6. The third-order valence-corrected chi connectivity index (χ3v) is 3.70. The molecule has 0 saturated carbocycles. The third kappa shape index (κ3) is 4.94. The molecule has 3 aromatic heterocycles. The molecule has 3 rings (SSSR count). The average Bonchev–Trinajstić information content (AvgIpc) is 3.23. The highest BCUT2D eigenvalue weighted by molar-refractivity contribution is 5.60. The summed E-state index contributed by atoms with van der Waals surface area (Å²) in [5.41, 5.74) is 1.08. The zero-order valence-corrected chi connectivity index (χ0v) is 16.2. The summed E-state index contributed by atoms with van der Waals surface area (Å²) in [5, 5.41) is 11.2. The molecule has 7 heteroatoms. The third-order valence-electron chi connectivity index (χ3n) is 3.70. The van der Waals surface area contributed by atoms with E-state index >= 15 is 0 Å². The van der Waals surface area contributed by atoms with Gasteiger partial charge in [0.15, 0.2) is 17.3 Å². The molecular formula is C20H23N5O2. The molecule has 0 spiro atoms. The van der Waals surface area contributed by atoms with Crippen LogP contribution in [0.2, 0.25) is 0 Å². The Labute approximate surface area is 158 Å². The van der Waals surface area contributed by atoms with Gasteiger partial charge in [-0.05, 0) is 11.8 Å². The second-order valence-corrected chi connectivity index (χ2v) is 7.76. The lowest BCUT2D eigenvalue weighted by atomic mass is 9.93. The summed E-state index contributed by atoms with van der Waals surface area (Å²) in [7, 11) is 0. The van der Waals surface area contributed by atoms with Gasteiger partial charge in [0.05, 0.1) is 5.56 Å². The number of nitrogens with one attached hydrogen (secondary N) is 1. The van der Waals surface area contributed by atoms with Crippen molar-refractivity contribution in [1.29, 1.82) is 0 Å². The summed E-state index contributed by atoms with van der Waals surface area (Å²) >= 11 is 0. The summed E-state index contributed by atoms with van der Waals surface area (Å²) in [6.45, 7) is 10.4. The van der Waals surface area contributed by atoms with Gasteiger partial charge in [-0.1, -0.05) is 50.9 Å². The van der Waals surface area contributed by atoms with Crippen molar-refractivity contribution < 1.29 is 9.05 Å². The highest BCUT2D eigenvalue weighted by Gasteiger charge is 2.19. The van der Waals surface area contributed by atoms with Crippen LogP contribution < -0.4 is 5.32 Å². The van der Waals surface area contributed by atoms with Crippen LogP contribution >= 0.6 is 0 Å². The molecular weight excluding hydrogens is 342 g/mol. The summed E-state index contributed by atoms with van der Waals surface area (Å²) in [6.07, 6.45) is 3.92. The lowest BCUT2D eigenvalue weighted by Gasteiger charge is -2.11. The van der Waals surface area contributed by atoms with Gasteiger partial charge in [-0.2, -0.15) is 0 Å². The van der Waals surface area contributed by atoms with Gasteiger partial charge in [-0.15, -0.1) is 0 Å². The van der Waals surface area contributed by atoms with Gasteiger partial charge in [0.25, 0.3) is 0 Å². The monoisotopic (exact) mass is 365 g/mol. The molecule has 0 aliphatic heterocycles. The molecule has 27 heavy (non-hydrogen) atoms. The fourth-order valence-corrected chi connectivity index (χ4v) is 2.33. The van der Waals surface area contributed by atoms with Crippen LogP contribution in [0.1, 0.15) is 57.4 Å². The predicted molar refractivity (Wildman–Crippen MR) is 102 cm³/mol. The first-order valence-corrected chi connectivity index (χ1v) is 8.83. The lowest BCUT2D eigenvalue weighted by molar-refractivity contribution is 0.328. The number of hydrogen-bond acceptors (Lipinski definition) is 7. The van der Waals surface area contributed by atoms with Crippen molar-refractivity contribution in [2.24, 2.45) is 5.92 Å². The van der Waals surface area contributed by atoms with Crippen LogP contribution in [-0.4, -0.2) is 20.3 Å². The first-order valence-electron chi connectivity index (χ1n) is 8.83. The second kappa shape index (κ2) is 7.62. The Balaban J connectivity index is 1.79. The van der Waals surface area contributed by atoms with Crippen molar-refractivity contribution in [2.75, 3.05) is 5.32 Å². The van der Waals surface area contributed by atoms with Gasteiger partial charge in [0.1, 0.15) is 17.8 Å². The first-order chi connectivity index (χ1) is 12.8. The molecule has 0 aliphatic carbocycles. The molecule has 7 nitrogen and oxygen atoms in total. The fourth-order valence-electron chi connectivity index (χ4n) is 2.33. The summed E-state index contributed by atoms with van der Waals surface area (Å²) in [5.74, 6) is 9.28. The highest BCUT2D eigenvalue weighted by atomic mass is 16.5. The molecule has 0 aliphatic rings. The number of rotatable bonds is 4. The van der Waals surface area contributed by atoms with Crippen molar-refractivity contribution in [1.82, 2.24) is 20.3 Å². The van der Waals surface area contributed by atoms with Crippen LogP contribution in [0.5, 0.6) is 0 Å². The molecule has 0 saturated heterocycles.